The number of benzene rings is 2. The van der Waals surface area contributed by atoms with Crippen LogP contribution in [0.4, 0.5) is 0 Å². The fourth-order valence-electron chi connectivity index (χ4n) is 2.68. The molecule has 5 nitrogen and oxygen atoms in total. The molecule has 0 saturated heterocycles. The first-order valence-corrected chi connectivity index (χ1v) is 7.86. The Balaban J connectivity index is 1.44. The third-order valence-electron chi connectivity index (χ3n) is 3.98. The van der Waals surface area contributed by atoms with Crippen LogP contribution in [-0.4, -0.2) is 37.0 Å². The van der Waals surface area contributed by atoms with Gasteiger partial charge in [-0.25, -0.2) is 0 Å². The van der Waals surface area contributed by atoms with Crippen molar-refractivity contribution in [3.8, 4) is 5.75 Å². The highest BCUT2D eigenvalue weighted by molar-refractivity contribution is 6.21. The molecule has 0 saturated carbocycles. The number of hydrogen-bond donors (Lipinski definition) is 0. The first-order valence-electron chi connectivity index (χ1n) is 7.86. The molecule has 0 atom stereocenters. The molecule has 0 radical (unpaired) electrons. The molecule has 1 aliphatic rings. The van der Waals surface area contributed by atoms with E-state index in [1.807, 2.05) is 24.3 Å². The van der Waals surface area contributed by atoms with Crippen molar-refractivity contribution in [3.05, 3.63) is 65.2 Å². The Morgan fingerprint density at radius 1 is 0.917 bits per heavy atom. The molecule has 0 bridgehead atoms. The number of carbonyl (C=O) groups is 2. The van der Waals surface area contributed by atoms with Crippen LogP contribution in [0.1, 0.15) is 32.7 Å². The van der Waals surface area contributed by atoms with E-state index in [2.05, 4.69) is 0 Å². The van der Waals surface area contributed by atoms with Crippen molar-refractivity contribution in [3.63, 3.8) is 0 Å². The molecule has 3 rings (SSSR count). The van der Waals surface area contributed by atoms with Crippen molar-refractivity contribution in [1.29, 1.82) is 0 Å². The topological polar surface area (TPSA) is 55.8 Å². The van der Waals surface area contributed by atoms with Gasteiger partial charge in [0, 0.05) is 13.2 Å². The second kappa shape index (κ2) is 7.27. The molecule has 0 fully saturated rings. The van der Waals surface area contributed by atoms with Crippen LogP contribution in [0.25, 0.3) is 0 Å². The molecular weight excluding hydrogens is 306 g/mol. The Kier molecular flexibility index (Phi) is 4.91. The average molecular weight is 325 g/mol. The highest BCUT2D eigenvalue weighted by Gasteiger charge is 2.34. The normalized spacial score (nSPS) is 13.3. The third-order valence-corrected chi connectivity index (χ3v) is 3.98. The van der Waals surface area contributed by atoms with Gasteiger partial charge in [0.05, 0.1) is 24.8 Å². The van der Waals surface area contributed by atoms with Gasteiger partial charge < -0.3 is 9.47 Å². The van der Waals surface area contributed by atoms with Gasteiger partial charge in [-0.3, -0.25) is 14.5 Å². The summed E-state index contributed by atoms with van der Waals surface area (Å²) >= 11 is 0. The van der Waals surface area contributed by atoms with Crippen LogP contribution in [0.3, 0.4) is 0 Å². The molecule has 0 aliphatic carbocycles. The van der Waals surface area contributed by atoms with Gasteiger partial charge in [0.2, 0.25) is 0 Å². The number of hydrogen-bond acceptors (Lipinski definition) is 4. The predicted octanol–water partition coefficient (Wildman–Crippen LogP) is 2.90. The van der Waals surface area contributed by atoms with Crippen LogP contribution in [0.15, 0.2) is 48.5 Å². The second-order valence-corrected chi connectivity index (χ2v) is 5.56. The fraction of sp³-hybridized carbons (Fsp3) is 0.263. The Morgan fingerprint density at radius 3 is 2.12 bits per heavy atom. The Labute approximate surface area is 140 Å². The SMILES string of the molecule is COc1ccc(COCCCN2C(=O)c3ccccc3C2=O)cc1. The number of ether oxygens (including phenoxy) is 2. The lowest BCUT2D eigenvalue weighted by molar-refractivity contribution is 0.0619. The summed E-state index contributed by atoms with van der Waals surface area (Å²) in [5, 5.41) is 0. The lowest BCUT2D eigenvalue weighted by atomic mass is 10.1. The van der Waals surface area contributed by atoms with E-state index in [-0.39, 0.29) is 11.8 Å². The molecule has 2 aromatic carbocycles. The molecule has 0 spiro atoms. The van der Waals surface area contributed by atoms with Crippen LogP contribution >= 0.6 is 0 Å². The lowest BCUT2D eigenvalue weighted by Crippen LogP contribution is -2.31. The van der Waals surface area contributed by atoms with Crippen molar-refractivity contribution in [1.82, 2.24) is 4.90 Å². The predicted molar refractivity (Wildman–Crippen MR) is 89.1 cm³/mol. The van der Waals surface area contributed by atoms with Crippen molar-refractivity contribution in [2.24, 2.45) is 0 Å². The minimum Gasteiger partial charge on any atom is -0.497 e. The summed E-state index contributed by atoms with van der Waals surface area (Å²) in [7, 11) is 1.63. The van der Waals surface area contributed by atoms with Crippen molar-refractivity contribution < 1.29 is 19.1 Å². The van der Waals surface area contributed by atoms with Crippen LogP contribution in [0.2, 0.25) is 0 Å². The van der Waals surface area contributed by atoms with Crippen molar-refractivity contribution in [2.45, 2.75) is 13.0 Å². The maximum Gasteiger partial charge on any atom is 0.261 e. The van der Waals surface area contributed by atoms with Gasteiger partial charge in [-0.05, 0) is 36.2 Å². The van der Waals surface area contributed by atoms with E-state index < -0.39 is 0 Å². The van der Waals surface area contributed by atoms with Crippen molar-refractivity contribution >= 4 is 11.8 Å². The summed E-state index contributed by atoms with van der Waals surface area (Å²) in [6.45, 7) is 1.35. The van der Waals surface area contributed by atoms with Gasteiger partial charge in [0.25, 0.3) is 11.8 Å². The molecule has 0 unspecified atom stereocenters. The number of nitrogens with zero attached hydrogens (tertiary/aromatic N) is 1. The zero-order valence-corrected chi connectivity index (χ0v) is 13.5. The lowest BCUT2D eigenvalue weighted by Gasteiger charge is -2.13. The van der Waals surface area contributed by atoms with Gasteiger partial charge in [0.15, 0.2) is 0 Å². The number of methoxy groups -OCH3 is 1. The number of amides is 2. The summed E-state index contributed by atoms with van der Waals surface area (Å²) in [5.41, 5.74) is 2.03. The van der Waals surface area contributed by atoms with Gasteiger partial charge in [0.1, 0.15) is 5.75 Å². The Bertz CT molecular complexity index is 704. The zero-order valence-electron chi connectivity index (χ0n) is 13.5. The Morgan fingerprint density at radius 2 is 1.54 bits per heavy atom. The molecule has 1 heterocycles. The standard InChI is InChI=1S/C19H19NO4/c1-23-15-9-7-14(8-10-15)13-24-12-4-11-20-18(21)16-5-2-3-6-17(16)19(20)22/h2-3,5-10H,4,11-13H2,1H3. The quantitative estimate of drug-likeness (QED) is 0.580. The fourth-order valence-corrected chi connectivity index (χ4v) is 2.68. The number of rotatable bonds is 7. The zero-order chi connectivity index (χ0) is 16.9. The maximum absolute atomic E-state index is 12.2. The van der Waals surface area contributed by atoms with E-state index in [1.165, 1.54) is 4.90 Å². The number of carbonyl (C=O) groups excluding carboxylic acids is 2. The van der Waals surface area contributed by atoms with Crippen LogP contribution in [0.5, 0.6) is 5.75 Å². The molecular formula is C19H19NO4. The van der Waals surface area contributed by atoms with Crippen LogP contribution in [0, 0.1) is 0 Å². The van der Waals surface area contributed by atoms with Gasteiger partial charge >= 0.3 is 0 Å². The van der Waals surface area contributed by atoms with E-state index in [4.69, 9.17) is 9.47 Å². The molecule has 24 heavy (non-hydrogen) atoms. The molecule has 2 aromatic rings. The molecule has 124 valence electrons. The average Bonchev–Trinajstić information content (AvgIpc) is 2.87. The van der Waals surface area contributed by atoms with Gasteiger partial charge in [-0.15, -0.1) is 0 Å². The molecule has 5 heteroatoms. The second-order valence-electron chi connectivity index (χ2n) is 5.56. The molecule has 0 N–H and O–H groups in total. The number of imide groups is 1. The minimum absolute atomic E-state index is 0.217. The molecule has 2 amide bonds. The van der Waals surface area contributed by atoms with Gasteiger partial charge in [-0.1, -0.05) is 24.3 Å². The largest absolute Gasteiger partial charge is 0.497 e. The van der Waals surface area contributed by atoms with Crippen LogP contribution < -0.4 is 4.74 Å². The van der Waals surface area contributed by atoms with Crippen molar-refractivity contribution in [2.75, 3.05) is 20.3 Å². The smallest absolute Gasteiger partial charge is 0.261 e. The summed E-state index contributed by atoms with van der Waals surface area (Å²) in [4.78, 5) is 25.7. The van der Waals surface area contributed by atoms with Crippen LogP contribution in [-0.2, 0) is 11.3 Å². The van der Waals surface area contributed by atoms with E-state index in [0.29, 0.717) is 37.3 Å². The van der Waals surface area contributed by atoms with E-state index in [1.54, 1.807) is 31.4 Å². The summed E-state index contributed by atoms with van der Waals surface area (Å²) in [5.74, 6) is 0.376. The molecule has 1 aliphatic heterocycles. The minimum atomic E-state index is -0.217. The third kappa shape index (κ3) is 3.31. The molecule has 0 aromatic heterocycles. The Hall–Kier alpha value is -2.66. The highest BCUT2D eigenvalue weighted by atomic mass is 16.5. The summed E-state index contributed by atoms with van der Waals surface area (Å²) in [6.07, 6.45) is 0.613. The van der Waals surface area contributed by atoms with Gasteiger partial charge in [-0.2, -0.15) is 0 Å². The maximum atomic E-state index is 12.2. The number of fused-ring (bicyclic) bond motifs is 1. The summed E-state index contributed by atoms with van der Waals surface area (Å²) in [6, 6.07) is 14.6. The van der Waals surface area contributed by atoms with E-state index in [0.717, 1.165) is 11.3 Å². The first kappa shape index (κ1) is 16.2. The van der Waals surface area contributed by atoms with E-state index >= 15 is 0 Å². The summed E-state index contributed by atoms with van der Waals surface area (Å²) < 4.78 is 10.7. The first-order chi connectivity index (χ1) is 11.7. The highest BCUT2D eigenvalue weighted by Crippen LogP contribution is 2.22. The monoisotopic (exact) mass is 325 g/mol. The van der Waals surface area contributed by atoms with E-state index in [9.17, 15) is 9.59 Å².